The molecule has 0 saturated heterocycles. The molecular formula is C9H10N2O3S. The largest absolute Gasteiger partial charge is 0.495 e. The van der Waals surface area contributed by atoms with Gasteiger partial charge in [0, 0.05) is 0 Å². The van der Waals surface area contributed by atoms with E-state index in [-0.39, 0.29) is 0 Å². The minimum atomic E-state index is -3.61. The molecule has 0 aliphatic rings. The summed E-state index contributed by atoms with van der Waals surface area (Å²) < 4.78 is 29.8. The highest BCUT2D eigenvalue weighted by molar-refractivity contribution is 7.92. The first-order chi connectivity index (χ1) is 7.09. The number of nitriles is 1. The number of sulfonamides is 1. The van der Waals surface area contributed by atoms with E-state index < -0.39 is 15.8 Å². The van der Waals surface area contributed by atoms with Crippen molar-refractivity contribution in [3.05, 3.63) is 24.3 Å². The van der Waals surface area contributed by atoms with Crippen LogP contribution in [-0.4, -0.2) is 21.3 Å². The average Bonchev–Trinajstić information content (AvgIpc) is 2.17. The zero-order valence-corrected chi connectivity index (χ0v) is 8.91. The minimum absolute atomic E-state index is 0.329. The molecule has 0 aromatic heterocycles. The highest BCUT2D eigenvalue weighted by Crippen LogP contribution is 2.23. The molecule has 6 heteroatoms. The molecule has 0 atom stereocenters. The number of nitrogens with one attached hydrogen (secondary N) is 1. The van der Waals surface area contributed by atoms with E-state index in [4.69, 9.17) is 10.00 Å². The second-order valence-corrected chi connectivity index (χ2v) is 4.44. The molecule has 5 nitrogen and oxygen atoms in total. The van der Waals surface area contributed by atoms with E-state index in [1.807, 2.05) is 0 Å². The van der Waals surface area contributed by atoms with Gasteiger partial charge in [0.05, 0.1) is 18.9 Å². The Morgan fingerprint density at radius 1 is 1.47 bits per heavy atom. The van der Waals surface area contributed by atoms with Crippen molar-refractivity contribution in [2.45, 2.75) is 0 Å². The first-order valence-corrected chi connectivity index (χ1v) is 5.75. The summed E-state index contributed by atoms with van der Waals surface area (Å²) in [5.74, 6) is -0.163. The molecular weight excluding hydrogens is 216 g/mol. The predicted molar refractivity (Wildman–Crippen MR) is 56.0 cm³/mol. The lowest BCUT2D eigenvalue weighted by atomic mass is 10.3. The second-order valence-electron chi connectivity index (χ2n) is 2.72. The molecule has 15 heavy (non-hydrogen) atoms. The highest BCUT2D eigenvalue weighted by Gasteiger charge is 2.11. The Balaban J connectivity index is 2.95. The normalized spacial score (nSPS) is 10.4. The van der Waals surface area contributed by atoms with E-state index in [2.05, 4.69) is 4.72 Å². The number of benzene rings is 1. The van der Waals surface area contributed by atoms with Crippen LogP contribution in [0.5, 0.6) is 5.75 Å². The lowest BCUT2D eigenvalue weighted by molar-refractivity contribution is 0.417. The summed E-state index contributed by atoms with van der Waals surface area (Å²) >= 11 is 0. The van der Waals surface area contributed by atoms with Gasteiger partial charge in [-0.1, -0.05) is 12.1 Å². The van der Waals surface area contributed by atoms with Crippen LogP contribution in [0.25, 0.3) is 0 Å². The Morgan fingerprint density at radius 2 is 2.13 bits per heavy atom. The lowest BCUT2D eigenvalue weighted by Gasteiger charge is -2.09. The number of methoxy groups -OCH3 is 1. The maximum atomic E-state index is 11.3. The fourth-order valence-corrected chi connectivity index (χ4v) is 1.76. The van der Waals surface area contributed by atoms with Crippen molar-refractivity contribution >= 4 is 15.7 Å². The van der Waals surface area contributed by atoms with Crippen molar-refractivity contribution in [1.29, 1.82) is 5.26 Å². The van der Waals surface area contributed by atoms with Gasteiger partial charge < -0.3 is 4.74 Å². The summed E-state index contributed by atoms with van der Waals surface area (Å²) in [6.07, 6.45) is 0. The summed E-state index contributed by atoms with van der Waals surface area (Å²) in [4.78, 5) is 0. The first kappa shape index (κ1) is 11.3. The standard InChI is InChI=1S/C9H10N2O3S/c1-14-9-5-3-2-4-8(9)11-15(12,13)7-6-10/h2-5,11H,7H2,1H3. The molecule has 0 aliphatic carbocycles. The molecule has 1 aromatic carbocycles. The minimum Gasteiger partial charge on any atom is -0.495 e. The van der Waals surface area contributed by atoms with Gasteiger partial charge in [-0.2, -0.15) is 5.26 Å². The highest BCUT2D eigenvalue weighted by atomic mass is 32.2. The Kier molecular flexibility index (Phi) is 3.52. The topological polar surface area (TPSA) is 79.2 Å². The number of hydrogen-bond acceptors (Lipinski definition) is 4. The first-order valence-electron chi connectivity index (χ1n) is 4.09. The summed E-state index contributed by atoms with van der Waals surface area (Å²) in [7, 11) is -2.17. The van der Waals surface area contributed by atoms with Crippen LogP contribution in [-0.2, 0) is 10.0 Å². The second kappa shape index (κ2) is 4.66. The van der Waals surface area contributed by atoms with Gasteiger partial charge in [0.2, 0.25) is 10.0 Å². The van der Waals surface area contributed by atoms with E-state index in [1.165, 1.54) is 7.11 Å². The molecule has 0 fully saturated rings. The zero-order chi connectivity index (χ0) is 11.3. The molecule has 0 radical (unpaired) electrons. The molecule has 1 N–H and O–H groups in total. The molecule has 0 bridgehead atoms. The van der Waals surface area contributed by atoms with Crippen molar-refractivity contribution in [2.75, 3.05) is 17.6 Å². The Morgan fingerprint density at radius 3 is 2.73 bits per heavy atom. The van der Waals surface area contributed by atoms with Crippen molar-refractivity contribution in [1.82, 2.24) is 0 Å². The van der Waals surface area contributed by atoms with Crippen molar-refractivity contribution in [2.24, 2.45) is 0 Å². The molecule has 0 heterocycles. The van der Waals surface area contributed by atoms with Crippen LogP contribution in [0.3, 0.4) is 0 Å². The lowest BCUT2D eigenvalue weighted by Crippen LogP contribution is -2.15. The quantitative estimate of drug-likeness (QED) is 0.829. The fourth-order valence-electron chi connectivity index (χ4n) is 1.02. The summed E-state index contributed by atoms with van der Waals surface area (Å²) in [5.41, 5.74) is 0.329. The van der Waals surface area contributed by atoms with Crippen LogP contribution < -0.4 is 9.46 Å². The zero-order valence-electron chi connectivity index (χ0n) is 8.10. The predicted octanol–water partition coefficient (Wildman–Crippen LogP) is 0.960. The van der Waals surface area contributed by atoms with Gasteiger partial charge >= 0.3 is 0 Å². The number of rotatable bonds is 4. The summed E-state index contributed by atoms with van der Waals surface area (Å²) in [6.45, 7) is 0. The fraction of sp³-hybridized carbons (Fsp3) is 0.222. The number of para-hydroxylation sites is 2. The van der Waals surface area contributed by atoms with Crippen molar-refractivity contribution in [3.8, 4) is 11.8 Å². The Bertz CT molecular complexity index is 476. The molecule has 0 amide bonds. The average molecular weight is 226 g/mol. The van der Waals surface area contributed by atoms with Crippen LogP contribution >= 0.6 is 0 Å². The molecule has 1 aromatic rings. The Hall–Kier alpha value is -1.74. The third-order valence-corrected chi connectivity index (χ3v) is 2.67. The van der Waals surface area contributed by atoms with E-state index in [1.54, 1.807) is 30.3 Å². The van der Waals surface area contributed by atoms with Crippen LogP contribution in [0.15, 0.2) is 24.3 Å². The van der Waals surface area contributed by atoms with Gasteiger partial charge in [0.15, 0.2) is 5.75 Å². The van der Waals surface area contributed by atoms with E-state index in [0.29, 0.717) is 11.4 Å². The van der Waals surface area contributed by atoms with Crippen LogP contribution in [0.1, 0.15) is 0 Å². The number of ether oxygens (including phenoxy) is 1. The third kappa shape index (κ3) is 3.14. The summed E-state index contributed by atoms with van der Waals surface area (Å²) in [6, 6.07) is 8.16. The SMILES string of the molecule is COc1ccccc1NS(=O)(=O)CC#N. The maximum Gasteiger partial charge on any atom is 0.246 e. The van der Waals surface area contributed by atoms with E-state index in [9.17, 15) is 8.42 Å². The van der Waals surface area contributed by atoms with E-state index in [0.717, 1.165) is 0 Å². The molecule has 1 rings (SSSR count). The van der Waals surface area contributed by atoms with Crippen molar-refractivity contribution < 1.29 is 13.2 Å². The number of anilines is 1. The van der Waals surface area contributed by atoms with Crippen molar-refractivity contribution in [3.63, 3.8) is 0 Å². The maximum absolute atomic E-state index is 11.3. The van der Waals surface area contributed by atoms with Crippen LogP contribution in [0, 0.1) is 11.3 Å². The summed E-state index contributed by atoms with van der Waals surface area (Å²) in [5, 5.41) is 8.31. The van der Waals surface area contributed by atoms with E-state index >= 15 is 0 Å². The molecule has 80 valence electrons. The molecule has 0 aliphatic heterocycles. The number of nitrogens with zero attached hydrogens (tertiary/aromatic N) is 1. The van der Waals surface area contributed by atoms with Crippen LogP contribution in [0.2, 0.25) is 0 Å². The Labute approximate surface area is 88.3 Å². The van der Waals surface area contributed by atoms with Gasteiger partial charge in [-0.3, -0.25) is 4.72 Å². The van der Waals surface area contributed by atoms with Gasteiger partial charge in [-0.05, 0) is 12.1 Å². The van der Waals surface area contributed by atoms with Gasteiger partial charge in [0.25, 0.3) is 0 Å². The van der Waals surface area contributed by atoms with Gasteiger partial charge in [-0.15, -0.1) is 0 Å². The monoisotopic (exact) mass is 226 g/mol. The molecule has 0 spiro atoms. The third-order valence-electron chi connectivity index (χ3n) is 1.63. The van der Waals surface area contributed by atoms with Gasteiger partial charge in [-0.25, -0.2) is 8.42 Å². The number of hydrogen-bond donors (Lipinski definition) is 1. The van der Waals surface area contributed by atoms with Gasteiger partial charge in [0.1, 0.15) is 5.75 Å². The smallest absolute Gasteiger partial charge is 0.246 e. The molecule has 0 saturated carbocycles. The molecule has 0 unspecified atom stereocenters. The van der Waals surface area contributed by atoms with Crippen LogP contribution in [0.4, 0.5) is 5.69 Å².